The fraction of sp³-hybridized carbons (Fsp3) is 0.133. The first-order valence-corrected chi connectivity index (χ1v) is 6.19. The Bertz CT molecular complexity index is 675. The van der Waals surface area contributed by atoms with E-state index in [0.717, 1.165) is 6.07 Å². The number of ether oxygens (including phenoxy) is 1. The van der Waals surface area contributed by atoms with Crippen LogP contribution in [0.25, 0.3) is 0 Å². The van der Waals surface area contributed by atoms with Crippen LogP contribution >= 0.6 is 0 Å². The number of benzene rings is 2. The Labute approximate surface area is 120 Å². The third kappa shape index (κ3) is 3.92. The van der Waals surface area contributed by atoms with E-state index in [2.05, 4.69) is 5.32 Å². The molecule has 0 unspecified atom stereocenters. The summed E-state index contributed by atoms with van der Waals surface area (Å²) in [6.45, 7) is 1.44. The Hall–Kier alpha value is -2.63. The van der Waals surface area contributed by atoms with E-state index in [9.17, 15) is 13.6 Å². The monoisotopic (exact) mass is 292 g/mol. The normalized spacial score (nSPS) is 10.2. The molecular weight excluding hydrogens is 278 g/mol. The van der Waals surface area contributed by atoms with Crippen LogP contribution in [0.2, 0.25) is 0 Å². The molecule has 0 atom stereocenters. The van der Waals surface area contributed by atoms with Crippen LogP contribution in [-0.2, 0) is 4.79 Å². The minimum Gasteiger partial charge on any atom is -0.483 e. The second-order valence-electron chi connectivity index (χ2n) is 4.48. The van der Waals surface area contributed by atoms with Crippen molar-refractivity contribution in [3.05, 3.63) is 53.6 Å². The fourth-order valence-corrected chi connectivity index (χ4v) is 1.71. The highest BCUT2D eigenvalue weighted by Crippen LogP contribution is 2.20. The third-order valence-electron chi connectivity index (χ3n) is 2.80. The van der Waals surface area contributed by atoms with Crippen molar-refractivity contribution in [1.29, 1.82) is 0 Å². The molecule has 3 N–H and O–H groups in total. The van der Waals surface area contributed by atoms with Crippen molar-refractivity contribution in [2.75, 3.05) is 17.7 Å². The Balaban J connectivity index is 1.97. The molecule has 0 aliphatic carbocycles. The van der Waals surface area contributed by atoms with E-state index in [1.54, 1.807) is 13.0 Å². The standard InChI is InChI=1S/C15H14F2N2O2/c1-9-2-3-11(17)7-14(9)21-8-15(20)19-13-5-4-10(16)6-12(13)18/h2-7H,8,18H2,1H3,(H,19,20). The highest BCUT2D eigenvalue weighted by atomic mass is 19.1. The van der Waals surface area contributed by atoms with Crippen LogP contribution in [0.3, 0.4) is 0 Å². The molecule has 2 aromatic carbocycles. The number of nitrogens with two attached hydrogens (primary N) is 1. The number of anilines is 2. The molecule has 1 amide bonds. The van der Waals surface area contributed by atoms with Crippen LogP contribution in [-0.4, -0.2) is 12.5 Å². The van der Waals surface area contributed by atoms with E-state index in [0.29, 0.717) is 11.3 Å². The molecule has 0 aromatic heterocycles. The van der Waals surface area contributed by atoms with Gasteiger partial charge in [0.1, 0.15) is 17.4 Å². The van der Waals surface area contributed by atoms with E-state index in [4.69, 9.17) is 10.5 Å². The molecule has 0 radical (unpaired) electrons. The van der Waals surface area contributed by atoms with Crippen LogP contribution in [0.15, 0.2) is 36.4 Å². The molecule has 2 aromatic rings. The van der Waals surface area contributed by atoms with Crippen LogP contribution in [0, 0.1) is 18.6 Å². The van der Waals surface area contributed by atoms with Gasteiger partial charge in [-0.3, -0.25) is 4.79 Å². The quantitative estimate of drug-likeness (QED) is 0.852. The lowest BCUT2D eigenvalue weighted by Crippen LogP contribution is -2.21. The zero-order chi connectivity index (χ0) is 15.4. The van der Waals surface area contributed by atoms with Gasteiger partial charge in [0.05, 0.1) is 11.4 Å². The maximum absolute atomic E-state index is 13.1. The van der Waals surface area contributed by atoms with Gasteiger partial charge in [-0.15, -0.1) is 0 Å². The highest BCUT2D eigenvalue weighted by molar-refractivity contribution is 5.94. The van der Waals surface area contributed by atoms with Crippen LogP contribution in [0.5, 0.6) is 5.75 Å². The van der Waals surface area contributed by atoms with Gasteiger partial charge in [0.2, 0.25) is 0 Å². The number of nitrogen functional groups attached to an aromatic ring is 1. The molecule has 0 spiro atoms. The van der Waals surface area contributed by atoms with Gasteiger partial charge >= 0.3 is 0 Å². The Morgan fingerprint density at radius 3 is 2.57 bits per heavy atom. The van der Waals surface area contributed by atoms with E-state index >= 15 is 0 Å². The number of amides is 1. The molecule has 2 rings (SSSR count). The van der Waals surface area contributed by atoms with Crippen LogP contribution in [0.4, 0.5) is 20.2 Å². The first-order chi connectivity index (χ1) is 9.95. The number of carbonyl (C=O) groups excluding carboxylic acids is 1. The number of hydrogen-bond acceptors (Lipinski definition) is 3. The molecule has 0 aliphatic heterocycles. The third-order valence-corrected chi connectivity index (χ3v) is 2.80. The lowest BCUT2D eigenvalue weighted by molar-refractivity contribution is -0.118. The molecule has 0 saturated heterocycles. The van der Waals surface area contributed by atoms with Gasteiger partial charge in [-0.05, 0) is 36.8 Å². The van der Waals surface area contributed by atoms with Crippen molar-refractivity contribution in [3.8, 4) is 5.75 Å². The first-order valence-electron chi connectivity index (χ1n) is 6.19. The lowest BCUT2D eigenvalue weighted by Gasteiger charge is -2.11. The zero-order valence-electron chi connectivity index (χ0n) is 11.3. The van der Waals surface area contributed by atoms with Crippen molar-refractivity contribution in [3.63, 3.8) is 0 Å². The van der Waals surface area contributed by atoms with Gasteiger partial charge in [-0.2, -0.15) is 0 Å². The Morgan fingerprint density at radius 2 is 1.86 bits per heavy atom. The SMILES string of the molecule is Cc1ccc(F)cc1OCC(=O)Nc1ccc(F)cc1N. The average Bonchev–Trinajstić information content (AvgIpc) is 2.43. The molecule has 110 valence electrons. The summed E-state index contributed by atoms with van der Waals surface area (Å²) in [5.74, 6) is -1.12. The van der Waals surface area contributed by atoms with Crippen molar-refractivity contribution < 1.29 is 18.3 Å². The van der Waals surface area contributed by atoms with Gasteiger partial charge in [-0.1, -0.05) is 6.07 Å². The first kappa shape index (κ1) is 14.8. The maximum atomic E-state index is 13.1. The molecule has 4 nitrogen and oxygen atoms in total. The average molecular weight is 292 g/mol. The number of aryl methyl sites for hydroxylation is 1. The lowest BCUT2D eigenvalue weighted by atomic mass is 10.2. The summed E-state index contributed by atoms with van der Waals surface area (Å²) >= 11 is 0. The van der Waals surface area contributed by atoms with E-state index in [1.807, 2.05) is 0 Å². The molecule has 0 bridgehead atoms. The van der Waals surface area contributed by atoms with Crippen molar-refractivity contribution in [2.24, 2.45) is 0 Å². The van der Waals surface area contributed by atoms with Gasteiger partial charge in [0.25, 0.3) is 5.91 Å². The molecule has 21 heavy (non-hydrogen) atoms. The van der Waals surface area contributed by atoms with Gasteiger partial charge < -0.3 is 15.8 Å². The van der Waals surface area contributed by atoms with E-state index in [-0.39, 0.29) is 18.0 Å². The van der Waals surface area contributed by atoms with Crippen LogP contribution in [0.1, 0.15) is 5.56 Å². The summed E-state index contributed by atoms with van der Waals surface area (Å²) in [5, 5.41) is 2.49. The van der Waals surface area contributed by atoms with Crippen molar-refractivity contribution in [1.82, 2.24) is 0 Å². The molecular formula is C15H14F2N2O2. The topological polar surface area (TPSA) is 64.3 Å². The summed E-state index contributed by atoms with van der Waals surface area (Å²) in [4.78, 5) is 11.7. The second-order valence-corrected chi connectivity index (χ2v) is 4.48. The summed E-state index contributed by atoms with van der Waals surface area (Å²) in [5.41, 5.74) is 6.70. The molecule has 6 heteroatoms. The summed E-state index contributed by atoms with van der Waals surface area (Å²) < 4.78 is 31.2. The molecule has 0 saturated carbocycles. The number of rotatable bonds is 4. The summed E-state index contributed by atoms with van der Waals surface area (Å²) in [6.07, 6.45) is 0. The summed E-state index contributed by atoms with van der Waals surface area (Å²) in [7, 11) is 0. The predicted molar refractivity (Wildman–Crippen MR) is 76.1 cm³/mol. The molecule has 0 heterocycles. The van der Waals surface area contributed by atoms with Crippen molar-refractivity contribution in [2.45, 2.75) is 6.92 Å². The number of carbonyl (C=O) groups is 1. The number of hydrogen-bond donors (Lipinski definition) is 2. The zero-order valence-corrected chi connectivity index (χ0v) is 11.3. The van der Waals surface area contributed by atoms with E-state index < -0.39 is 17.5 Å². The molecule has 0 fully saturated rings. The molecule has 0 aliphatic rings. The van der Waals surface area contributed by atoms with E-state index in [1.165, 1.54) is 24.3 Å². The highest BCUT2D eigenvalue weighted by Gasteiger charge is 2.08. The van der Waals surface area contributed by atoms with Gasteiger partial charge in [-0.25, -0.2) is 8.78 Å². The minimum atomic E-state index is -0.489. The maximum Gasteiger partial charge on any atom is 0.262 e. The largest absolute Gasteiger partial charge is 0.483 e. The fourth-order valence-electron chi connectivity index (χ4n) is 1.71. The summed E-state index contributed by atoms with van der Waals surface area (Å²) in [6, 6.07) is 7.71. The van der Waals surface area contributed by atoms with Crippen LogP contribution < -0.4 is 15.8 Å². The van der Waals surface area contributed by atoms with Gasteiger partial charge in [0, 0.05) is 6.07 Å². The predicted octanol–water partition coefficient (Wildman–Crippen LogP) is 2.87. The van der Waals surface area contributed by atoms with Crippen molar-refractivity contribution >= 4 is 17.3 Å². The minimum absolute atomic E-state index is 0.116. The number of nitrogens with one attached hydrogen (secondary N) is 1. The smallest absolute Gasteiger partial charge is 0.262 e. The Morgan fingerprint density at radius 1 is 1.19 bits per heavy atom. The number of halogens is 2. The second kappa shape index (κ2) is 6.21. The Kier molecular flexibility index (Phi) is 4.37. The van der Waals surface area contributed by atoms with Gasteiger partial charge in [0.15, 0.2) is 6.61 Å².